The van der Waals surface area contributed by atoms with Crippen molar-refractivity contribution >= 4 is 11.8 Å². The summed E-state index contributed by atoms with van der Waals surface area (Å²) >= 11 is 0. The summed E-state index contributed by atoms with van der Waals surface area (Å²) in [6.45, 7) is 4.08. The van der Waals surface area contributed by atoms with Crippen molar-refractivity contribution in [2.45, 2.75) is 38.3 Å². The molecule has 0 spiro atoms. The second-order valence-electron chi connectivity index (χ2n) is 6.14. The fraction of sp³-hybridized carbons (Fsp3) is 0.600. The van der Waals surface area contributed by atoms with Gasteiger partial charge in [0, 0.05) is 20.1 Å². The molecule has 0 saturated carbocycles. The smallest absolute Gasteiger partial charge is 0.290 e. The predicted octanol–water partition coefficient (Wildman–Crippen LogP) is 1.11. The molecule has 21 heavy (non-hydrogen) atoms. The Morgan fingerprint density at radius 1 is 1.52 bits per heavy atom. The van der Waals surface area contributed by atoms with Gasteiger partial charge < -0.3 is 19.3 Å². The third kappa shape index (κ3) is 3.64. The van der Waals surface area contributed by atoms with E-state index in [1.54, 1.807) is 37.9 Å². The lowest BCUT2D eigenvalue weighted by atomic mass is 10.1. The highest BCUT2D eigenvalue weighted by Crippen LogP contribution is 2.22. The lowest BCUT2D eigenvalue weighted by Crippen LogP contribution is -2.49. The molecule has 1 aromatic rings. The number of likely N-dealkylation sites (N-methyl/N-ethyl adjacent to an activating group) is 1. The lowest BCUT2D eigenvalue weighted by molar-refractivity contribution is -0.136. The summed E-state index contributed by atoms with van der Waals surface area (Å²) in [6, 6.07) is 2.78. The van der Waals surface area contributed by atoms with Gasteiger partial charge in [0.05, 0.1) is 11.9 Å². The van der Waals surface area contributed by atoms with Crippen molar-refractivity contribution in [1.82, 2.24) is 9.80 Å². The third-order valence-corrected chi connectivity index (χ3v) is 3.53. The number of amides is 2. The van der Waals surface area contributed by atoms with Crippen LogP contribution in [0.3, 0.4) is 0 Å². The summed E-state index contributed by atoms with van der Waals surface area (Å²) in [5.74, 6) is -0.151. The van der Waals surface area contributed by atoms with E-state index in [0.717, 1.165) is 6.42 Å². The summed E-state index contributed by atoms with van der Waals surface area (Å²) in [5, 5.41) is 9.82. The number of rotatable bonds is 4. The largest absolute Gasteiger partial charge is 0.459 e. The average Bonchev–Trinajstić information content (AvgIpc) is 3.06. The molecule has 1 aliphatic rings. The van der Waals surface area contributed by atoms with Gasteiger partial charge in [0.15, 0.2) is 5.76 Å². The zero-order valence-corrected chi connectivity index (χ0v) is 12.7. The first-order valence-electron chi connectivity index (χ1n) is 7.11. The summed E-state index contributed by atoms with van der Waals surface area (Å²) < 4.78 is 5.12. The van der Waals surface area contributed by atoms with E-state index in [1.807, 2.05) is 0 Å². The molecular weight excluding hydrogens is 272 g/mol. The standard InChI is InChI=1S/C15H22N2O4/c1-15(2,20)10-16(3)13(18)11-6-4-8-17(11)14(19)12-7-5-9-21-12/h5,7,9,11,20H,4,6,8,10H2,1-3H3. The number of carbonyl (C=O) groups is 2. The second kappa shape index (κ2) is 5.89. The van der Waals surface area contributed by atoms with Crippen LogP contribution in [0.2, 0.25) is 0 Å². The Balaban J connectivity index is 2.08. The fourth-order valence-corrected chi connectivity index (χ4v) is 2.72. The number of likely N-dealkylation sites (tertiary alicyclic amines) is 1. The predicted molar refractivity (Wildman–Crippen MR) is 76.7 cm³/mol. The molecule has 6 nitrogen and oxygen atoms in total. The number of aliphatic hydroxyl groups is 1. The zero-order valence-electron chi connectivity index (χ0n) is 12.7. The van der Waals surface area contributed by atoms with Gasteiger partial charge in [-0.1, -0.05) is 0 Å². The van der Waals surface area contributed by atoms with Crippen molar-refractivity contribution in [2.24, 2.45) is 0 Å². The van der Waals surface area contributed by atoms with Gasteiger partial charge in [0.2, 0.25) is 5.91 Å². The second-order valence-corrected chi connectivity index (χ2v) is 6.14. The van der Waals surface area contributed by atoms with Crippen LogP contribution in [0.15, 0.2) is 22.8 Å². The number of carbonyl (C=O) groups excluding carboxylic acids is 2. The Kier molecular flexibility index (Phi) is 4.37. The molecule has 1 unspecified atom stereocenters. The van der Waals surface area contributed by atoms with E-state index >= 15 is 0 Å². The summed E-state index contributed by atoms with van der Waals surface area (Å²) in [5.41, 5.74) is -0.959. The maximum atomic E-state index is 12.5. The molecule has 1 aromatic heterocycles. The van der Waals surface area contributed by atoms with E-state index in [4.69, 9.17) is 4.42 Å². The Bertz CT molecular complexity index is 504. The maximum Gasteiger partial charge on any atom is 0.290 e. The SMILES string of the molecule is CN(CC(C)(C)O)C(=O)C1CCCN1C(=O)c1ccco1. The number of hydrogen-bond donors (Lipinski definition) is 1. The number of nitrogens with zero attached hydrogens (tertiary/aromatic N) is 2. The van der Waals surface area contributed by atoms with Crippen LogP contribution in [-0.2, 0) is 4.79 Å². The Morgan fingerprint density at radius 3 is 2.81 bits per heavy atom. The molecule has 1 saturated heterocycles. The first kappa shape index (κ1) is 15.6. The van der Waals surface area contributed by atoms with Crippen molar-refractivity contribution in [2.75, 3.05) is 20.1 Å². The van der Waals surface area contributed by atoms with Crippen molar-refractivity contribution in [3.63, 3.8) is 0 Å². The molecule has 1 aliphatic heterocycles. The Morgan fingerprint density at radius 2 is 2.24 bits per heavy atom. The van der Waals surface area contributed by atoms with Crippen LogP contribution in [0, 0.1) is 0 Å². The van der Waals surface area contributed by atoms with Crippen molar-refractivity contribution in [3.05, 3.63) is 24.2 Å². The van der Waals surface area contributed by atoms with Gasteiger partial charge >= 0.3 is 0 Å². The minimum absolute atomic E-state index is 0.144. The van der Waals surface area contributed by atoms with Crippen molar-refractivity contribution in [3.8, 4) is 0 Å². The lowest BCUT2D eigenvalue weighted by Gasteiger charge is -2.30. The number of furan rings is 1. The van der Waals surface area contributed by atoms with E-state index in [9.17, 15) is 14.7 Å². The van der Waals surface area contributed by atoms with Crippen molar-refractivity contribution < 1.29 is 19.1 Å². The van der Waals surface area contributed by atoms with Crippen LogP contribution in [0.4, 0.5) is 0 Å². The summed E-state index contributed by atoms with van der Waals surface area (Å²) in [7, 11) is 1.65. The van der Waals surface area contributed by atoms with Crippen LogP contribution < -0.4 is 0 Å². The van der Waals surface area contributed by atoms with E-state index in [2.05, 4.69) is 0 Å². The highest BCUT2D eigenvalue weighted by Gasteiger charge is 2.37. The van der Waals surface area contributed by atoms with Crippen LogP contribution >= 0.6 is 0 Å². The quantitative estimate of drug-likeness (QED) is 0.903. The first-order valence-corrected chi connectivity index (χ1v) is 7.11. The van der Waals surface area contributed by atoms with Gasteiger partial charge in [0.25, 0.3) is 5.91 Å². The Labute approximate surface area is 124 Å². The van der Waals surface area contributed by atoms with E-state index in [0.29, 0.717) is 13.0 Å². The molecule has 0 aliphatic carbocycles. The monoisotopic (exact) mass is 294 g/mol. The summed E-state index contributed by atoms with van der Waals surface area (Å²) in [4.78, 5) is 27.9. The molecule has 2 rings (SSSR count). The average molecular weight is 294 g/mol. The topological polar surface area (TPSA) is 74.0 Å². The molecular formula is C15H22N2O4. The van der Waals surface area contributed by atoms with Gasteiger partial charge in [-0.05, 0) is 38.8 Å². The molecule has 1 atom stereocenters. The van der Waals surface area contributed by atoms with Crippen LogP contribution in [-0.4, -0.2) is 58.5 Å². The molecule has 2 heterocycles. The van der Waals surface area contributed by atoms with Crippen molar-refractivity contribution in [1.29, 1.82) is 0 Å². The molecule has 1 fully saturated rings. The molecule has 116 valence electrons. The molecule has 0 radical (unpaired) electrons. The van der Waals surface area contributed by atoms with Crippen LogP contribution in [0.5, 0.6) is 0 Å². The molecule has 2 amide bonds. The minimum Gasteiger partial charge on any atom is -0.459 e. The highest BCUT2D eigenvalue weighted by atomic mass is 16.3. The van der Waals surface area contributed by atoms with E-state index in [1.165, 1.54) is 11.2 Å². The molecule has 6 heteroatoms. The maximum absolute atomic E-state index is 12.5. The molecule has 1 N–H and O–H groups in total. The molecule has 0 bridgehead atoms. The zero-order chi connectivity index (χ0) is 15.6. The van der Waals surface area contributed by atoms with Gasteiger partial charge in [-0.3, -0.25) is 9.59 Å². The van der Waals surface area contributed by atoms with Gasteiger partial charge in [0.1, 0.15) is 6.04 Å². The van der Waals surface area contributed by atoms with E-state index in [-0.39, 0.29) is 24.1 Å². The molecule has 0 aromatic carbocycles. The van der Waals surface area contributed by atoms with E-state index < -0.39 is 11.6 Å². The van der Waals surface area contributed by atoms with Crippen LogP contribution in [0.25, 0.3) is 0 Å². The van der Waals surface area contributed by atoms with Gasteiger partial charge in [-0.2, -0.15) is 0 Å². The fourth-order valence-electron chi connectivity index (χ4n) is 2.72. The third-order valence-electron chi connectivity index (χ3n) is 3.53. The first-order chi connectivity index (χ1) is 9.79. The van der Waals surface area contributed by atoms with Crippen LogP contribution in [0.1, 0.15) is 37.2 Å². The Hall–Kier alpha value is -1.82. The number of hydrogen-bond acceptors (Lipinski definition) is 4. The summed E-state index contributed by atoms with van der Waals surface area (Å²) in [6.07, 6.45) is 2.88. The highest BCUT2D eigenvalue weighted by molar-refractivity contribution is 5.95. The van der Waals surface area contributed by atoms with Gasteiger partial charge in [-0.25, -0.2) is 0 Å². The van der Waals surface area contributed by atoms with Gasteiger partial charge in [-0.15, -0.1) is 0 Å². The minimum atomic E-state index is -0.959. The normalized spacial score (nSPS) is 18.9.